The quantitative estimate of drug-likeness (QED) is 0.829. The Kier molecular flexibility index (Phi) is 5.55. The third-order valence-electron chi connectivity index (χ3n) is 3.26. The van der Waals surface area contributed by atoms with E-state index in [2.05, 4.69) is 20.7 Å². The fourth-order valence-corrected chi connectivity index (χ4v) is 4.08. The highest BCUT2D eigenvalue weighted by atomic mass is 79.9. The van der Waals surface area contributed by atoms with Gasteiger partial charge in [0.05, 0.1) is 4.90 Å². The van der Waals surface area contributed by atoms with Crippen molar-refractivity contribution in [1.82, 2.24) is 4.72 Å². The molecule has 0 aliphatic rings. The van der Waals surface area contributed by atoms with Crippen molar-refractivity contribution >= 4 is 26.0 Å². The molecule has 108 valence electrons. The molecule has 0 heterocycles. The van der Waals surface area contributed by atoms with Crippen LogP contribution in [0, 0.1) is 6.92 Å². The van der Waals surface area contributed by atoms with Crippen molar-refractivity contribution in [3.8, 4) is 0 Å². The molecule has 6 heteroatoms. The Morgan fingerprint density at radius 3 is 2.58 bits per heavy atom. The van der Waals surface area contributed by atoms with Gasteiger partial charge in [0, 0.05) is 16.6 Å². The van der Waals surface area contributed by atoms with Crippen LogP contribution in [-0.2, 0) is 10.0 Å². The molecule has 0 saturated carbocycles. The van der Waals surface area contributed by atoms with Crippen LogP contribution in [0.5, 0.6) is 0 Å². The standard InChI is InChI=1S/C13H20BrNO3S/c1-4-13(3,7-8-16)15-19(17,18)12-9-11(14)6-5-10(12)2/h5-6,9,15-16H,4,7-8H2,1-3H3. The van der Waals surface area contributed by atoms with E-state index in [1.165, 1.54) is 0 Å². The van der Waals surface area contributed by atoms with Crippen LogP contribution in [0.25, 0.3) is 0 Å². The van der Waals surface area contributed by atoms with Gasteiger partial charge in [-0.05, 0) is 44.4 Å². The summed E-state index contributed by atoms with van der Waals surface area (Å²) in [6, 6.07) is 5.15. The van der Waals surface area contributed by atoms with Gasteiger partial charge in [-0.25, -0.2) is 13.1 Å². The Labute approximate surface area is 123 Å². The predicted molar refractivity (Wildman–Crippen MR) is 79.6 cm³/mol. The normalized spacial score (nSPS) is 15.2. The smallest absolute Gasteiger partial charge is 0.241 e. The van der Waals surface area contributed by atoms with Crippen LogP contribution in [-0.4, -0.2) is 25.7 Å². The first-order valence-electron chi connectivity index (χ1n) is 6.15. The number of hydrogen-bond acceptors (Lipinski definition) is 3. The Bertz CT molecular complexity index is 545. The zero-order chi connectivity index (χ0) is 14.7. The summed E-state index contributed by atoms with van der Waals surface area (Å²) in [7, 11) is -3.60. The molecule has 0 spiro atoms. The van der Waals surface area contributed by atoms with Gasteiger partial charge in [0.2, 0.25) is 10.0 Å². The van der Waals surface area contributed by atoms with Crippen molar-refractivity contribution in [2.24, 2.45) is 0 Å². The molecule has 1 aromatic carbocycles. The molecule has 0 amide bonds. The zero-order valence-corrected chi connectivity index (χ0v) is 13.8. The zero-order valence-electron chi connectivity index (χ0n) is 11.4. The van der Waals surface area contributed by atoms with E-state index in [0.717, 1.165) is 4.47 Å². The van der Waals surface area contributed by atoms with E-state index in [-0.39, 0.29) is 11.5 Å². The molecule has 1 rings (SSSR count). The maximum Gasteiger partial charge on any atom is 0.241 e. The molecule has 1 atom stereocenters. The lowest BCUT2D eigenvalue weighted by Crippen LogP contribution is -2.46. The van der Waals surface area contributed by atoms with Crippen LogP contribution < -0.4 is 4.72 Å². The van der Waals surface area contributed by atoms with E-state index < -0.39 is 15.6 Å². The number of rotatable bonds is 6. The van der Waals surface area contributed by atoms with Gasteiger partial charge in [0.1, 0.15) is 0 Å². The number of benzene rings is 1. The highest BCUT2D eigenvalue weighted by molar-refractivity contribution is 9.10. The minimum atomic E-state index is -3.60. The number of aliphatic hydroxyl groups excluding tert-OH is 1. The van der Waals surface area contributed by atoms with Crippen LogP contribution in [0.3, 0.4) is 0 Å². The van der Waals surface area contributed by atoms with Crippen LogP contribution >= 0.6 is 15.9 Å². The van der Waals surface area contributed by atoms with Gasteiger partial charge in [-0.1, -0.05) is 28.9 Å². The van der Waals surface area contributed by atoms with Crippen molar-refractivity contribution in [2.75, 3.05) is 6.61 Å². The topological polar surface area (TPSA) is 66.4 Å². The van der Waals surface area contributed by atoms with Crippen LogP contribution in [0.2, 0.25) is 0 Å². The first-order valence-corrected chi connectivity index (χ1v) is 8.43. The number of halogens is 1. The Hall–Kier alpha value is -0.430. The predicted octanol–water partition coefficient (Wildman–Crippen LogP) is 2.59. The van der Waals surface area contributed by atoms with Crippen molar-refractivity contribution in [2.45, 2.75) is 44.0 Å². The summed E-state index contributed by atoms with van der Waals surface area (Å²) in [5.74, 6) is 0. The number of aliphatic hydroxyl groups is 1. The molecule has 0 bridgehead atoms. The second-order valence-corrected chi connectivity index (χ2v) is 7.47. The molecular formula is C13H20BrNO3S. The Morgan fingerprint density at radius 2 is 2.05 bits per heavy atom. The molecule has 4 nitrogen and oxygen atoms in total. The van der Waals surface area contributed by atoms with E-state index in [9.17, 15) is 8.42 Å². The lowest BCUT2D eigenvalue weighted by Gasteiger charge is -2.28. The lowest BCUT2D eigenvalue weighted by molar-refractivity contribution is 0.233. The minimum Gasteiger partial charge on any atom is -0.396 e. The van der Waals surface area contributed by atoms with E-state index in [4.69, 9.17) is 5.11 Å². The molecule has 0 saturated heterocycles. The van der Waals surface area contributed by atoms with Gasteiger partial charge < -0.3 is 5.11 Å². The number of sulfonamides is 1. The van der Waals surface area contributed by atoms with Crippen LogP contribution in [0.15, 0.2) is 27.6 Å². The fraction of sp³-hybridized carbons (Fsp3) is 0.538. The average molecular weight is 350 g/mol. The third-order valence-corrected chi connectivity index (χ3v) is 5.54. The summed E-state index contributed by atoms with van der Waals surface area (Å²) >= 11 is 3.28. The number of aryl methyl sites for hydroxylation is 1. The lowest BCUT2D eigenvalue weighted by atomic mass is 9.97. The molecule has 1 unspecified atom stereocenters. The van der Waals surface area contributed by atoms with Crippen LogP contribution in [0.4, 0.5) is 0 Å². The summed E-state index contributed by atoms with van der Waals surface area (Å²) in [5.41, 5.74) is 0.0562. The molecular weight excluding hydrogens is 330 g/mol. The fourth-order valence-electron chi connectivity index (χ4n) is 1.79. The van der Waals surface area contributed by atoms with Crippen molar-refractivity contribution in [3.63, 3.8) is 0 Å². The number of nitrogens with one attached hydrogen (secondary N) is 1. The van der Waals surface area contributed by atoms with Gasteiger partial charge in [-0.2, -0.15) is 0 Å². The third kappa shape index (κ3) is 4.27. The van der Waals surface area contributed by atoms with Gasteiger partial charge in [0.15, 0.2) is 0 Å². The maximum absolute atomic E-state index is 12.4. The van der Waals surface area contributed by atoms with E-state index in [0.29, 0.717) is 18.4 Å². The molecule has 1 aromatic rings. The van der Waals surface area contributed by atoms with Gasteiger partial charge in [-0.3, -0.25) is 0 Å². The second-order valence-electron chi connectivity index (χ2n) is 4.90. The first kappa shape index (κ1) is 16.6. The molecule has 0 aliphatic heterocycles. The highest BCUT2D eigenvalue weighted by Crippen LogP contribution is 2.24. The Balaban J connectivity index is 3.14. The molecule has 2 N–H and O–H groups in total. The monoisotopic (exact) mass is 349 g/mol. The highest BCUT2D eigenvalue weighted by Gasteiger charge is 2.29. The number of hydrogen-bond donors (Lipinski definition) is 2. The molecule has 0 aliphatic carbocycles. The summed E-state index contributed by atoms with van der Waals surface area (Å²) in [4.78, 5) is 0.263. The van der Waals surface area contributed by atoms with E-state index >= 15 is 0 Å². The van der Waals surface area contributed by atoms with E-state index in [1.54, 1.807) is 32.0 Å². The van der Waals surface area contributed by atoms with Gasteiger partial charge >= 0.3 is 0 Å². The SMILES string of the molecule is CCC(C)(CCO)NS(=O)(=O)c1cc(Br)ccc1C. The average Bonchev–Trinajstić information content (AvgIpc) is 2.31. The van der Waals surface area contributed by atoms with Crippen molar-refractivity contribution in [3.05, 3.63) is 28.2 Å². The van der Waals surface area contributed by atoms with Crippen molar-refractivity contribution in [1.29, 1.82) is 0 Å². The van der Waals surface area contributed by atoms with Gasteiger partial charge in [0.25, 0.3) is 0 Å². The summed E-state index contributed by atoms with van der Waals surface area (Å²) in [5, 5.41) is 9.06. The second kappa shape index (κ2) is 6.35. The van der Waals surface area contributed by atoms with Gasteiger partial charge in [-0.15, -0.1) is 0 Å². The van der Waals surface area contributed by atoms with Crippen molar-refractivity contribution < 1.29 is 13.5 Å². The minimum absolute atomic E-state index is 0.0513. The maximum atomic E-state index is 12.4. The molecule has 0 radical (unpaired) electrons. The Morgan fingerprint density at radius 1 is 1.42 bits per heavy atom. The first-order chi connectivity index (χ1) is 8.74. The van der Waals surface area contributed by atoms with E-state index in [1.807, 2.05) is 6.92 Å². The largest absolute Gasteiger partial charge is 0.396 e. The molecule has 0 aromatic heterocycles. The van der Waals surface area contributed by atoms with Crippen LogP contribution in [0.1, 0.15) is 32.3 Å². The summed E-state index contributed by atoms with van der Waals surface area (Å²) < 4.78 is 28.3. The summed E-state index contributed by atoms with van der Waals surface area (Å²) in [6.45, 7) is 5.40. The summed E-state index contributed by atoms with van der Waals surface area (Å²) in [6.07, 6.45) is 0.996. The molecule has 0 fully saturated rings. The molecule has 19 heavy (non-hydrogen) atoms.